The second kappa shape index (κ2) is 3.68. The lowest BCUT2D eigenvalue weighted by atomic mass is 10.1. The van der Waals surface area contributed by atoms with Gasteiger partial charge in [-0.25, -0.2) is 14.4 Å². The van der Waals surface area contributed by atoms with Gasteiger partial charge in [0.05, 0.1) is 5.69 Å². The SMILES string of the molecule is CCNc1nc(C2CC2(C)C)nc(C)c1F. The minimum Gasteiger partial charge on any atom is -0.368 e. The molecule has 1 N–H and O–H groups in total. The first-order valence-corrected chi connectivity index (χ1v) is 5.73. The van der Waals surface area contributed by atoms with Crippen LogP contribution < -0.4 is 5.32 Å². The molecule has 1 aliphatic carbocycles. The monoisotopic (exact) mass is 223 g/mol. The Morgan fingerprint density at radius 2 is 2.06 bits per heavy atom. The van der Waals surface area contributed by atoms with Crippen molar-refractivity contribution in [2.75, 3.05) is 11.9 Å². The third-order valence-electron chi connectivity index (χ3n) is 3.20. The Labute approximate surface area is 95.5 Å². The molecule has 0 amide bonds. The van der Waals surface area contributed by atoms with E-state index in [1.165, 1.54) is 0 Å². The van der Waals surface area contributed by atoms with E-state index in [0.717, 1.165) is 12.2 Å². The summed E-state index contributed by atoms with van der Waals surface area (Å²) in [5, 5.41) is 2.94. The molecule has 1 unspecified atom stereocenters. The normalized spacial score (nSPS) is 21.9. The number of nitrogens with zero attached hydrogens (tertiary/aromatic N) is 2. The highest BCUT2D eigenvalue weighted by atomic mass is 19.1. The summed E-state index contributed by atoms with van der Waals surface area (Å²) >= 11 is 0. The highest BCUT2D eigenvalue weighted by Gasteiger charge is 2.48. The van der Waals surface area contributed by atoms with Gasteiger partial charge in [-0.3, -0.25) is 0 Å². The predicted octanol–water partition coefficient (Wildman–Crippen LogP) is 2.87. The molecule has 4 heteroatoms. The molecule has 1 aliphatic rings. The van der Waals surface area contributed by atoms with Crippen LogP contribution in [0.3, 0.4) is 0 Å². The molecule has 0 aliphatic heterocycles. The van der Waals surface area contributed by atoms with Crippen LogP contribution in [0.25, 0.3) is 0 Å². The molecule has 0 spiro atoms. The number of rotatable bonds is 3. The van der Waals surface area contributed by atoms with Crippen LogP contribution in [0.2, 0.25) is 0 Å². The molecule has 1 aromatic heterocycles. The van der Waals surface area contributed by atoms with Gasteiger partial charge in [-0.2, -0.15) is 0 Å². The van der Waals surface area contributed by atoms with Crippen molar-refractivity contribution in [2.24, 2.45) is 5.41 Å². The third-order valence-corrected chi connectivity index (χ3v) is 3.20. The molecule has 88 valence electrons. The van der Waals surface area contributed by atoms with Gasteiger partial charge in [-0.05, 0) is 25.7 Å². The molecule has 2 rings (SSSR count). The zero-order valence-corrected chi connectivity index (χ0v) is 10.3. The molecule has 0 aromatic carbocycles. The first kappa shape index (κ1) is 11.3. The van der Waals surface area contributed by atoms with Gasteiger partial charge in [-0.1, -0.05) is 13.8 Å². The molecule has 0 radical (unpaired) electrons. The number of aryl methyl sites for hydroxylation is 1. The van der Waals surface area contributed by atoms with Crippen molar-refractivity contribution in [3.63, 3.8) is 0 Å². The Balaban J connectivity index is 2.34. The maximum atomic E-state index is 13.7. The molecule has 3 nitrogen and oxygen atoms in total. The number of aromatic nitrogens is 2. The van der Waals surface area contributed by atoms with E-state index in [4.69, 9.17) is 0 Å². The molecule has 0 bridgehead atoms. The number of hydrogen-bond donors (Lipinski definition) is 1. The maximum Gasteiger partial charge on any atom is 0.186 e. The third kappa shape index (κ3) is 1.88. The van der Waals surface area contributed by atoms with Gasteiger partial charge in [0, 0.05) is 12.5 Å². The van der Waals surface area contributed by atoms with Crippen LogP contribution in [0.15, 0.2) is 0 Å². The summed E-state index contributed by atoms with van der Waals surface area (Å²) in [4.78, 5) is 8.53. The van der Waals surface area contributed by atoms with Crippen LogP contribution in [0.1, 0.15) is 44.6 Å². The summed E-state index contributed by atoms with van der Waals surface area (Å²) in [6.45, 7) is 8.66. The van der Waals surface area contributed by atoms with Crippen LogP contribution in [0.4, 0.5) is 10.2 Å². The van der Waals surface area contributed by atoms with Gasteiger partial charge >= 0.3 is 0 Å². The highest BCUT2D eigenvalue weighted by Crippen LogP contribution is 2.57. The van der Waals surface area contributed by atoms with E-state index < -0.39 is 0 Å². The van der Waals surface area contributed by atoms with Gasteiger partial charge in [0.25, 0.3) is 0 Å². The van der Waals surface area contributed by atoms with Crippen molar-refractivity contribution in [1.82, 2.24) is 9.97 Å². The Bertz CT molecular complexity index is 415. The fourth-order valence-electron chi connectivity index (χ4n) is 1.93. The Hall–Kier alpha value is -1.19. The molecule has 1 aromatic rings. The van der Waals surface area contributed by atoms with E-state index in [1.807, 2.05) is 6.92 Å². The van der Waals surface area contributed by atoms with E-state index in [2.05, 4.69) is 29.1 Å². The van der Waals surface area contributed by atoms with Crippen LogP contribution in [-0.2, 0) is 0 Å². The van der Waals surface area contributed by atoms with Crippen LogP contribution in [0.5, 0.6) is 0 Å². The van der Waals surface area contributed by atoms with Gasteiger partial charge in [-0.15, -0.1) is 0 Å². The predicted molar refractivity (Wildman–Crippen MR) is 62.0 cm³/mol. The molecule has 1 saturated carbocycles. The lowest BCUT2D eigenvalue weighted by Gasteiger charge is -2.09. The second-order valence-electron chi connectivity index (χ2n) is 5.11. The minimum absolute atomic E-state index is 0.272. The zero-order chi connectivity index (χ0) is 11.9. The van der Waals surface area contributed by atoms with Gasteiger partial charge < -0.3 is 5.32 Å². The summed E-state index contributed by atoms with van der Waals surface area (Å²) in [5.41, 5.74) is 0.706. The van der Waals surface area contributed by atoms with Gasteiger partial charge in [0.2, 0.25) is 0 Å². The topological polar surface area (TPSA) is 37.8 Å². The fourth-order valence-corrected chi connectivity index (χ4v) is 1.93. The van der Waals surface area contributed by atoms with Crippen molar-refractivity contribution >= 4 is 5.82 Å². The first-order chi connectivity index (χ1) is 7.45. The molecule has 16 heavy (non-hydrogen) atoms. The molecule has 0 saturated heterocycles. The average molecular weight is 223 g/mol. The summed E-state index contributed by atoms with van der Waals surface area (Å²) in [7, 11) is 0. The van der Waals surface area contributed by atoms with Crippen LogP contribution in [-0.4, -0.2) is 16.5 Å². The lowest BCUT2D eigenvalue weighted by Crippen LogP contribution is -2.09. The van der Waals surface area contributed by atoms with Crippen LogP contribution in [0, 0.1) is 18.2 Å². The van der Waals surface area contributed by atoms with Crippen molar-refractivity contribution in [3.8, 4) is 0 Å². The van der Waals surface area contributed by atoms with Gasteiger partial charge in [0.15, 0.2) is 11.6 Å². The average Bonchev–Trinajstić information content (AvgIpc) is 2.83. The van der Waals surface area contributed by atoms with E-state index in [9.17, 15) is 4.39 Å². The zero-order valence-electron chi connectivity index (χ0n) is 10.3. The first-order valence-electron chi connectivity index (χ1n) is 5.73. The molecular formula is C12H18FN3. The van der Waals surface area contributed by atoms with Crippen molar-refractivity contribution in [3.05, 3.63) is 17.3 Å². The maximum absolute atomic E-state index is 13.7. The fraction of sp³-hybridized carbons (Fsp3) is 0.667. The molecule has 1 atom stereocenters. The summed E-state index contributed by atoms with van der Waals surface area (Å²) in [5.74, 6) is 1.17. The van der Waals surface area contributed by atoms with E-state index in [1.54, 1.807) is 6.92 Å². The van der Waals surface area contributed by atoms with E-state index >= 15 is 0 Å². The molecule has 1 fully saturated rings. The Kier molecular flexibility index (Phi) is 2.60. The van der Waals surface area contributed by atoms with Crippen molar-refractivity contribution in [1.29, 1.82) is 0 Å². The Morgan fingerprint density at radius 3 is 2.56 bits per heavy atom. The molecule has 1 heterocycles. The minimum atomic E-state index is -0.330. The van der Waals surface area contributed by atoms with E-state index in [-0.39, 0.29) is 11.2 Å². The standard InChI is InChI=1S/C12H18FN3/c1-5-14-11-9(13)7(2)15-10(16-11)8-6-12(8,3)4/h8H,5-6H2,1-4H3,(H,14,15,16). The highest BCUT2D eigenvalue weighted by molar-refractivity contribution is 5.39. The van der Waals surface area contributed by atoms with Crippen molar-refractivity contribution < 1.29 is 4.39 Å². The number of halogens is 1. The smallest absolute Gasteiger partial charge is 0.186 e. The van der Waals surface area contributed by atoms with Gasteiger partial charge in [0.1, 0.15) is 5.82 Å². The molecular weight excluding hydrogens is 205 g/mol. The number of hydrogen-bond acceptors (Lipinski definition) is 3. The van der Waals surface area contributed by atoms with E-state index in [0.29, 0.717) is 24.0 Å². The largest absolute Gasteiger partial charge is 0.368 e. The quantitative estimate of drug-likeness (QED) is 0.856. The summed E-state index contributed by atoms with van der Waals surface area (Å²) < 4.78 is 13.7. The van der Waals surface area contributed by atoms with Crippen molar-refractivity contribution in [2.45, 2.75) is 40.0 Å². The second-order valence-corrected chi connectivity index (χ2v) is 5.11. The number of nitrogens with one attached hydrogen (secondary N) is 1. The lowest BCUT2D eigenvalue weighted by molar-refractivity contribution is 0.581. The number of anilines is 1. The summed E-state index contributed by atoms with van der Waals surface area (Å²) in [6.07, 6.45) is 1.09. The Morgan fingerprint density at radius 1 is 1.44 bits per heavy atom. The van der Waals surface area contributed by atoms with Crippen LogP contribution >= 0.6 is 0 Å². The summed E-state index contributed by atoms with van der Waals surface area (Å²) in [6, 6.07) is 0.